The first-order valence-corrected chi connectivity index (χ1v) is 10.5. The molecule has 1 aromatic heterocycles. The minimum absolute atomic E-state index is 0.124. The van der Waals surface area contributed by atoms with E-state index in [2.05, 4.69) is 17.2 Å². The van der Waals surface area contributed by atoms with Crippen LogP contribution < -0.4 is 15.8 Å². The zero-order chi connectivity index (χ0) is 20.4. The SMILES string of the molecule is CC[NH+]1CCCC1CNC(=O)c1ccc2c(=O)n(-c3ccccc3)c(=S)[nH]c2c1. The predicted octanol–water partition coefficient (Wildman–Crippen LogP) is 1.85. The summed E-state index contributed by atoms with van der Waals surface area (Å²) in [7, 11) is 0. The number of hydrogen-bond acceptors (Lipinski definition) is 3. The van der Waals surface area contributed by atoms with Crippen molar-refractivity contribution in [2.24, 2.45) is 0 Å². The number of carbonyl (C=O) groups excluding carboxylic acids is 1. The number of benzene rings is 2. The molecule has 0 spiro atoms. The number of rotatable bonds is 5. The monoisotopic (exact) mass is 409 g/mol. The average Bonchev–Trinajstić information content (AvgIpc) is 3.20. The van der Waals surface area contributed by atoms with Crippen molar-refractivity contribution < 1.29 is 9.69 Å². The fourth-order valence-corrected chi connectivity index (χ4v) is 4.48. The molecule has 6 nitrogen and oxygen atoms in total. The van der Waals surface area contributed by atoms with E-state index < -0.39 is 0 Å². The summed E-state index contributed by atoms with van der Waals surface area (Å²) in [6.45, 7) is 5.12. The molecule has 1 aliphatic heterocycles. The number of aromatic nitrogens is 2. The Bertz CT molecular complexity index is 1150. The quantitative estimate of drug-likeness (QED) is 0.563. The van der Waals surface area contributed by atoms with Crippen LogP contribution >= 0.6 is 12.2 Å². The van der Waals surface area contributed by atoms with E-state index in [1.54, 1.807) is 23.1 Å². The number of nitrogens with one attached hydrogen (secondary N) is 3. The number of H-pyrrole nitrogens is 1. The van der Waals surface area contributed by atoms with E-state index in [9.17, 15) is 9.59 Å². The van der Waals surface area contributed by atoms with Gasteiger partial charge in [0.1, 0.15) is 6.04 Å². The third kappa shape index (κ3) is 3.88. The number of nitrogens with zero attached hydrogens (tertiary/aromatic N) is 1. The number of quaternary nitrogens is 1. The van der Waals surface area contributed by atoms with Gasteiger partial charge < -0.3 is 15.2 Å². The largest absolute Gasteiger partial charge is 0.346 e. The fraction of sp³-hybridized carbons (Fsp3) is 0.318. The minimum atomic E-state index is -0.199. The Labute approximate surface area is 174 Å². The van der Waals surface area contributed by atoms with E-state index in [1.165, 1.54) is 17.5 Å². The maximum absolute atomic E-state index is 13.0. The van der Waals surface area contributed by atoms with Crippen LogP contribution in [0, 0.1) is 4.77 Å². The number of amides is 1. The maximum atomic E-state index is 13.0. The molecule has 2 unspecified atom stereocenters. The number of hydrogen-bond donors (Lipinski definition) is 3. The Hall–Kier alpha value is -2.77. The molecular formula is C22H25N4O2S+. The standard InChI is InChI=1S/C22H24N4O2S/c1-2-25-12-6-9-17(25)14-23-20(27)15-10-11-18-19(13-15)24-22(29)26(21(18)28)16-7-4-3-5-8-16/h3-5,7-8,10-11,13,17H,2,6,9,12,14H2,1H3,(H,23,27)(H,24,29)/p+1. The highest BCUT2D eigenvalue weighted by Gasteiger charge is 2.27. The van der Waals surface area contributed by atoms with Crippen LogP contribution in [0.2, 0.25) is 0 Å². The summed E-state index contributed by atoms with van der Waals surface area (Å²) in [5.74, 6) is -0.124. The van der Waals surface area contributed by atoms with Crippen molar-refractivity contribution in [2.45, 2.75) is 25.8 Å². The van der Waals surface area contributed by atoms with Gasteiger partial charge in [-0.05, 0) is 49.5 Å². The highest BCUT2D eigenvalue weighted by Crippen LogP contribution is 2.13. The summed E-state index contributed by atoms with van der Waals surface area (Å²) in [4.78, 5) is 30.3. The molecule has 0 aliphatic carbocycles. The number of para-hydroxylation sites is 1. The molecule has 1 saturated heterocycles. The molecule has 4 rings (SSSR count). The Balaban J connectivity index is 1.61. The molecule has 150 valence electrons. The van der Waals surface area contributed by atoms with Crippen LogP contribution in [-0.2, 0) is 0 Å². The van der Waals surface area contributed by atoms with Gasteiger partial charge in [0.25, 0.3) is 11.5 Å². The maximum Gasteiger partial charge on any atom is 0.266 e. The van der Waals surface area contributed by atoms with Gasteiger partial charge in [0.05, 0.1) is 36.2 Å². The van der Waals surface area contributed by atoms with E-state index in [1.807, 2.05) is 30.3 Å². The molecule has 2 heterocycles. The number of aromatic amines is 1. The van der Waals surface area contributed by atoms with Crippen molar-refractivity contribution in [3.05, 3.63) is 69.2 Å². The molecule has 1 aliphatic rings. The van der Waals surface area contributed by atoms with Gasteiger partial charge in [-0.1, -0.05) is 18.2 Å². The van der Waals surface area contributed by atoms with Crippen LogP contribution in [0.1, 0.15) is 30.1 Å². The number of likely N-dealkylation sites (tertiary alicyclic amines) is 1. The Morgan fingerprint density at radius 2 is 2.07 bits per heavy atom. The second-order valence-electron chi connectivity index (χ2n) is 7.48. The molecule has 7 heteroatoms. The Morgan fingerprint density at radius 3 is 2.83 bits per heavy atom. The van der Waals surface area contributed by atoms with Gasteiger partial charge in [-0.3, -0.25) is 14.2 Å². The van der Waals surface area contributed by atoms with E-state index in [0.29, 0.717) is 39.5 Å². The topological polar surface area (TPSA) is 71.3 Å². The van der Waals surface area contributed by atoms with Gasteiger partial charge in [0.15, 0.2) is 4.77 Å². The van der Waals surface area contributed by atoms with E-state index in [-0.39, 0.29) is 11.5 Å². The minimum Gasteiger partial charge on any atom is -0.346 e. The van der Waals surface area contributed by atoms with Crippen LogP contribution in [0.3, 0.4) is 0 Å². The van der Waals surface area contributed by atoms with Crippen molar-refractivity contribution in [2.75, 3.05) is 19.6 Å². The van der Waals surface area contributed by atoms with Gasteiger partial charge in [0, 0.05) is 18.4 Å². The molecule has 1 fully saturated rings. The summed E-state index contributed by atoms with van der Waals surface area (Å²) in [6, 6.07) is 14.9. The van der Waals surface area contributed by atoms with E-state index >= 15 is 0 Å². The Kier molecular flexibility index (Phi) is 5.60. The van der Waals surface area contributed by atoms with Crippen LogP contribution in [0.25, 0.3) is 16.6 Å². The van der Waals surface area contributed by atoms with Gasteiger partial charge in [-0.2, -0.15) is 0 Å². The number of fused-ring (bicyclic) bond motifs is 1. The summed E-state index contributed by atoms with van der Waals surface area (Å²) in [5, 5.41) is 3.55. The number of carbonyl (C=O) groups is 1. The van der Waals surface area contributed by atoms with E-state index in [4.69, 9.17) is 12.2 Å². The summed E-state index contributed by atoms with van der Waals surface area (Å²) in [6.07, 6.45) is 2.36. The molecular weight excluding hydrogens is 384 g/mol. The van der Waals surface area contributed by atoms with Crippen molar-refractivity contribution in [3.8, 4) is 5.69 Å². The average molecular weight is 410 g/mol. The van der Waals surface area contributed by atoms with Crippen molar-refractivity contribution >= 4 is 29.0 Å². The van der Waals surface area contributed by atoms with Gasteiger partial charge >= 0.3 is 0 Å². The van der Waals surface area contributed by atoms with Crippen LogP contribution in [0.15, 0.2) is 53.3 Å². The van der Waals surface area contributed by atoms with Crippen LogP contribution in [0.5, 0.6) is 0 Å². The first-order chi connectivity index (χ1) is 14.1. The van der Waals surface area contributed by atoms with Crippen molar-refractivity contribution in [1.29, 1.82) is 0 Å². The smallest absolute Gasteiger partial charge is 0.266 e. The Morgan fingerprint density at radius 1 is 1.28 bits per heavy atom. The van der Waals surface area contributed by atoms with Gasteiger partial charge in [0.2, 0.25) is 0 Å². The second kappa shape index (κ2) is 8.31. The van der Waals surface area contributed by atoms with Gasteiger partial charge in [-0.15, -0.1) is 0 Å². The summed E-state index contributed by atoms with van der Waals surface area (Å²) < 4.78 is 1.78. The normalized spacial score (nSPS) is 18.8. The summed E-state index contributed by atoms with van der Waals surface area (Å²) >= 11 is 5.41. The van der Waals surface area contributed by atoms with Crippen molar-refractivity contribution in [1.82, 2.24) is 14.9 Å². The first kappa shape index (κ1) is 19.5. The molecule has 3 aromatic rings. The summed E-state index contributed by atoms with van der Waals surface area (Å²) in [5.41, 5.74) is 1.61. The fourth-order valence-electron chi connectivity index (χ4n) is 4.18. The highest BCUT2D eigenvalue weighted by atomic mass is 32.1. The molecule has 2 atom stereocenters. The second-order valence-corrected chi connectivity index (χ2v) is 7.86. The molecule has 0 saturated carbocycles. The molecule has 0 radical (unpaired) electrons. The van der Waals surface area contributed by atoms with Crippen LogP contribution in [0.4, 0.5) is 0 Å². The molecule has 1 amide bonds. The zero-order valence-electron chi connectivity index (χ0n) is 16.4. The first-order valence-electron chi connectivity index (χ1n) is 10.1. The zero-order valence-corrected chi connectivity index (χ0v) is 17.2. The molecule has 3 N–H and O–H groups in total. The lowest BCUT2D eigenvalue weighted by molar-refractivity contribution is -0.909. The lowest BCUT2D eigenvalue weighted by atomic mass is 10.1. The van der Waals surface area contributed by atoms with Crippen LogP contribution in [-0.4, -0.2) is 41.1 Å². The molecule has 2 aromatic carbocycles. The molecule has 29 heavy (non-hydrogen) atoms. The third-order valence-electron chi connectivity index (χ3n) is 5.77. The van der Waals surface area contributed by atoms with Gasteiger partial charge in [-0.25, -0.2) is 0 Å². The van der Waals surface area contributed by atoms with Crippen molar-refractivity contribution in [3.63, 3.8) is 0 Å². The lowest BCUT2D eigenvalue weighted by Gasteiger charge is -2.20. The lowest BCUT2D eigenvalue weighted by Crippen LogP contribution is -3.14. The molecule has 0 bridgehead atoms. The van der Waals surface area contributed by atoms with E-state index in [0.717, 1.165) is 13.0 Å². The predicted molar refractivity (Wildman–Crippen MR) is 116 cm³/mol. The number of likely N-dealkylation sites (N-methyl/N-ethyl adjacent to an activating group) is 1. The third-order valence-corrected chi connectivity index (χ3v) is 6.05. The highest BCUT2D eigenvalue weighted by molar-refractivity contribution is 7.71.